The van der Waals surface area contributed by atoms with E-state index in [1.54, 1.807) is 0 Å². The lowest BCUT2D eigenvalue weighted by molar-refractivity contribution is -0.167. The molecule has 0 aliphatic heterocycles. The first kappa shape index (κ1) is 61.8. The van der Waals surface area contributed by atoms with Crippen molar-refractivity contribution in [1.29, 1.82) is 0 Å². The van der Waals surface area contributed by atoms with E-state index in [1.165, 1.54) is 57.8 Å². The van der Waals surface area contributed by atoms with Gasteiger partial charge in [-0.05, 0) is 96.3 Å². The summed E-state index contributed by atoms with van der Waals surface area (Å²) in [5, 5.41) is 0. The summed E-state index contributed by atoms with van der Waals surface area (Å²) in [6.07, 6.45) is 73.8. The standard InChI is InChI=1S/C60H96O6/c1-4-7-10-13-16-18-19-20-21-22-23-24-25-26-27-28-29-30-31-32-33-34-35-36-37-38-39-40-41-43-44-47-50-53-59(62)65-56-57(55-64-58(61)52-49-46-15-12-9-6-3)66-60(63)54-51-48-45-42-17-14-11-8-5-2/h7,10,16,18,20-21,23-24,26-27,29-30,32-33,35-36,38-39,41,43,57H,4-6,8-9,11-15,17,19,22,25,28,31,34,37,40,42,44-56H2,1-3H3/b10-7-,18-16-,21-20-,24-23-,27-26-,30-29-,33-32-,36-35-,39-38-,43-41-. The fraction of sp³-hybridized carbons (Fsp3) is 0.617. The molecule has 0 rings (SSSR count). The molecule has 6 heteroatoms. The number of esters is 3. The molecular formula is C60H96O6. The topological polar surface area (TPSA) is 78.9 Å². The highest BCUT2D eigenvalue weighted by molar-refractivity contribution is 5.71. The smallest absolute Gasteiger partial charge is 0.306 e. The van der Waals surface area contributed by atoms with Gasteiger partial charge < -0.3 is 14.2 Å². The molecule has 0 aromatic rings. The molecule has 6 nitrogen and oxygen atoms in total. The minimum absolute atomic E-state index is 0.0926. The van der Waals surface area contributed by atoms with E-state index in [1.807, 2.05) is 0 Å². The van der Waals surface area contributed by atoms with Crippen LogP contribution in [0.15, 0.2) is 122 Å². The van der Waals surface area contributed by atoms with Gasteiger partial charge in [-0.25, -0.2) is 0 Å². The number of hydrogen-bond acceptors (Lipinski definition) is 6. The average Bonchev–Trinajstić information content (AvgIpc) is 3.31. The zero-order valence-corrected chi connectivity index (χ0v) is 42.4. The third-order valence-corrected chi connectivity index (χ3v) is 10.7. The molecule has 1 unspecified atom stereocenters. The monoisotopic (exact) mass is 913 g/mol. The summed E-state index contributed by atoms with van der Waals surface area (Å²) in [5.41, 5.74) is 0. The second kappa shape index (κ2) is 53.4. The predicted molar refractivity (Wildman–Crippen MR) is 283 cm³/mol. The largest absolute Gasteiger partial charge is 0.462 e. The van der Waals surface area contributed by atoms with Gasteiger partial charge in [0, 0.05) is 19.3 Å². The van der Waals surface area contributed by atoms with E-state index in [0.717, 1.165) is 122 Å². The number of allylic oxidation sites excluding steroid dienone is 20. The maximum Gasteiger partial charge on any atom is 0.306 e. The van der Waals surface area contributed by atoms with Gasteiger partial charge in [-0.3, -0.25) is 14.4 Å². The Kier molecular flexibility index (Phi) is 50.0. The summed E-state index contributed by atoms with van der Waals surface area (Å²) in [6, 6.07) is 0. The van der Waals surface area contributed by atoms with E-state index < -0.39 is 6.10 Å². The van der Waals surface area contributed by atoms with Crippen molar-refractivity contribution in [2.45, 2.75) is 226 Å². The lowest BCUT2D eigenvalue weighted by Crippen LogP contribution is -2.30. The first-order valence-electron chi connectivity index (χ1n) is 26.5. The number of hydrogen-bond donors (Lipinski definition) is 0. The number of rotatable bonds is 46. The molecule has 0 saturated heterocycles. The van der Waals surface area contributed by atoms with Crippen LogP contribution >= 0.6 is 0 Å². The zero-order chi connectivity index (χ0) is 47.9. The Morgan fingerprint density at radius 2 is 0.591 bits per heavy atom. The number of unbranched alkanes of at least 4 members (excludes halogenated alkanes) is 15. The predicted octanol–water partition coefficient (Wildman–Crippen LogP) is 17.7. The molecule has 0 aliphatic rings. The van der Waals surface area contributed by atoms with E-state index in [0.29, 0.717) is 19.3 Å². The van der Waals surface area contributed by atoms with Gasteiger partial charge in [0.25, 0.3) is 0 Å². The van der Waals surface area contributed by atoms with Crippen molar-refractivity contribution in [2.75, 3.05) is 13.2 Å². The molecule has 0 fully saturated rings. The van der Waals surface area contributed by atoms with Gasteiger partial charge in [0.2, 0.25) is 0 Å². The molecule has 372 valence electrons. The highest BCUT2D eigenvalue weighted by atomic mass is 16.6. The Bertz CT molecular complexity index is 1420. The molecule has 0 bridgehead atoms. The van der Waals surface area contributed by atoms with Crippen molar-refractivity contribution >= 4 is 17.9 Å². The van der Waals surface area contributed by atoms with Crippen LogP contribution in [-0.4, -0.2) is 37.2 Å². The molecule has 66 heavy (non-hydrogen) atoms. The molecule has 0 saturated carbocycles. The molecule has 0 aromatic carbocycles. The van der Waals surface area contributed by atoms with Crippen LogP contribution in [-0.2, 0) is 28.6 Å². The van der Waals surface area contributed by atoms with Crippen molar-refractivity contribution in [3.8, 4) is 0 Å². The maximum atomic E-state index is 12.6. The number of carbonyl (C=O) groups excluding carboxylic acids is 3. The van der Waals surface area contributed by atoms with Gasteiger partial charge in [0.05, 0.1) is 0 Å². The van der Waals surface area contributed by atoms with E-state index >= 15 is 0 Å². The second-order valence-electron chi connectivity index (χ2n) is 17.1. The first-order chi connectivity index (χ1) is 32.5. The van der Waals surface area contributed by atoms with Crippen molar-refractivity contribution in [3.05, 3.63) is 122 Å². The van der Waals surface area contributed by atoms with Crippen LogP contribution in [0.4, 0.5) is 0 Å². The fourth-order valence-electron chi connectivity index (χ4n) is 6.76. The molecular weight excluding hydrogens is 817 g/mol. The molecule has 0 spiro atoms. The molecule has 0 aliphatic carbocycles. The second-order valence-corrected chi connectivity index (χ2v) is 17.1. The maximum absolute atomic E-state index is 12.6. The van der Waals surface area contributed by atoms with Crippen molar-refractivity contribution < 1.29 is 28.6 Å². The summed E-state index contributed by atoms with van der Waals surface area (Å²) in [6.45, 7) is 6.38. The van der Waals surface area contributed by atoms with E-state index in [4.69, 9.17) is 14.2 Å². The fourth-order valence-corrected chi connectivity index (χ4v) is 6.76. The summed E-state index contributed by atoms with van der Waals surface area (Å²) < 4.78 is 16.6. The minimum Gasteiger partial charge on any atom is -0.462 e. The number of carbonyl (C=O) groups is 3. The van der Waals surface area contributed by atoms with Crippen LogP contribution in [0.1, 0.15) is 220 Å². The zero-order valence-electron chi connectivity index (χ0n) is 42.4. The van der Waals surface area contributed by atoms with Gasteiger partial charge in [-0.2, -0.15) is 0 Å². The van der Waals surface area contributed by atoms with Crippen LogP contribution in [0.3, 0.4) is 0 Å². The minimum atomic E-state index is -0.790. The molecule has 1 atom stereocenters. The van der Waals surface area contributed by atoms with Crippen molar-refractivity contribution in [3.63, 3.8) is 0 Å². The van der Waals surface area contributed by atoms with Crippen LogP contribution < -0.4 is 0 Å². The Hall–Kier alpha value is -4.19. The summed E-state index contributed by atoms with van der Waals surface area (Å²) in [5.74, 6) is -0.959. The van der Waals surface area contributed by atoms with Gasteiger partial charge >= 0.3 is 17.9 Å². The van der Waals surface area contributed by atoms with Gasteiger partial charge in [0.1, 0.15) is 13.2 Å². The van der Waals surface area contributed by atoms with Gasteiger partial charge in [-0.1, -0.05) is 226 Å². The van der Waals surface area contributed by atoms with Crippen molar-refractivity contribution in [2.24, 2.45) is 0 Å². The van der Waals surface area contributed by atoms with Gasteiger partial charge in [0.15, 0.2) is 6.10 Å². The Morgan fingerprint density at radius 1 is 0.318 bits per heavy atom. The highest BCUT2D eigenvalue weighted by Crippen LogP contribution is 2.13. The Morgan fingerprint density at radius 3 is 0.924 bits per heavy atom. The van der Waals surface area contributed by atoms with Crippen LogP contribution in [0.5, 0.6) is 0 Å². The van der Waals surface area contributed by atoms with E-state index in [9.17, 15) is 14.4 Å². The average molecular weight is 913 g/mol. The van der Waals surface area contributed by atoms with Crippen LogP contribution in [0.25, 0.3) is 0 Å². The molecule has 0 amide bonds. The Labute approximate surface area is 405 Å². The third-order valence-electron chi connectivity index (χ3n) is 10.7. The van der Waals surface area contributed by atoms with Crippen LogP contribution in [0.2, 0.25) is 0 Å². The third kappa shape index (κ3) is 50.8. The van der Waals surface area contributed by atoms with Gasteiger partial charge in [-0.15, -0.1) is 0 Å². The summed E-state index contributed by atoms with van der Waals surface area (Å²) >= 11 is 0. The summed E-state index contributed by atoms with van der Waals surface area (Å²) in [4.78, 5) is 37.6. The Balaban J connectivity index is 4.16. The van der Waals surface area contributed by atoms with E-state index in [-0.39, 0.29) is 31.1 Å². The quantitative estimate of drug-likeness (QED) is 0.0262. The first-order valence-corrected chi connectivity index (χ1v) is 26.5. The highest BCUT2D eigenvalue weighted by Gasteiger charge is 2.19. The normalized spacial score (nSPS) is 13.1. The molecule has 0 heterocycles. The van der Waals surface area contributed by atoms with E-state index in [2.05, 4.69) is 142 Å². The lowest BCUT2D eigenvalue weighted by atomic mass is 10.1. The number of ether oxygens (including phenoxy) is 3. The SMILES string of the molecule is CC/C=C\C/C=C\C/C=C\C/C=C\C/C=C\C/C=C\C/C=C\C/C=C\C/C=C\C/C=C\CCCCC(=O)OCC(COC(=O)CCCCCCCC)OC(=O)CCCCCCCCCCC. The molecule has 0 radical (unpaired) electrons. The molecule has 0 N–H and O–H groups in total. The lowest BCUT2D eigenvalue weighted by Gasteiger charge is -2.18. The van der Waals surface area contributed by atoms with Crippen molar-refractivity contribution in [1.82, 2.24) is 0 Å². The van der Waals surface area contributed by atoms with Crippen LogP contribution in [0, 0.1) is 0 Å². The molecule has 0 aromatic heterocycles. The summed E-state index contributed by atoms with van der Waals surface area (Å²) in [7, 11) is 0.